The van der Waals surface area contributed by atoms with E-state index in [-0.39, 0.29) is 23.8 Å². The third-order valence-corrected chi connectivity index (χ3v) is 6.22. The van der Waals surface area contributed by atoms with Crippen molar-refractivity contribution < 1.29 is 19.5 Å². The van der Waals surface area contributed by atoms with Crippen LogP contribution in [0.4, 0.5) is 0 Å². The van der Waals surface area contributed by atoms with E-state index >= 15 is 0 Å². The first-order valence-corrected chi connectivity index (χ1v) is 11.7. The van der Waals surface area contributed by atoms with Crippen LogP contribution in [-0.4, -0.2) is 71.0 Å². The van der Waals surface area contributed by atoms with Gasteiger partial charge >= 0.3 is 0 Å². The first kappa shape index (κ1) is 26.1. The summed E-state index contributed by atoms with van der Waals surface area (Å²) in [5.74, 6) is 0.553. The van der Waals surface area contributed by atoms with Crippen LogP contribution in [0.5, 0.6) is 0 Å². The summed E-state index contributed by atoms with van der Waals surface area (Å²) in [6, 6.07) is 5.58. The summed E-state index contributed by atoms with van der Waals surface area (Å²) in [6.07, 6.45) is 4.67. The number of hydrogen-bond donors (Lipinski definition) is 2. The Morgan fingerprint density at radius 3 is 2.31 bits per heavy atom. The van der Waals surface area contributed by atoms with Gasteiger partial charge in [0.25, 0.3) is 18.3 Å². The fraction of sp³-hybridized carbons (Fsp3) is 0.625. The minimum absolute atomic E-state index is 0.000131. The number of rotatable bonds is 3. The smallest absolute Gasteiger partial charge is 0.290 e. The fourth-order valence-electron chi connectivity index (χ4n) is 4.41. The first-order chi connectivity index (χ1) is 15.1. The molecule has 0 spiro atoms. The minimum Gasteiger partial charge on any atom is -0.483 e. The van der Waals surface area contributed by atoms with Gasteiger partial charge in [-0.15, -0.1) is 0 Å². The number of nitrogens with one attached hydrogen (secondary N) is 1. The molecule has 1 aromatic carbocycles. The molecule has 0 radical (unpaired) electrons. The SMILES string of the molecule is C[C@@H]1CCCN(C2CCN(C(=O)c3ccc(C(=O)NC(C)(C)C)c(Cl)c3)CC2)C1.O=CO. The molecular formula is C24H36ClN3O4. The van der Waals surface area contributed by atoms with Crippen LogP contribution in [0.2, 0.25) is 5.02 Å². The van der Waals surface area contributed by atoms with Crippen molar-refractivity contribution in [1.82, 2.24) is 15.1 Å². The molecule has 2 amide bonds. The molecule has 2 saturated heterocycles. The zero-order valence-corrected chi connectivity index (χ0v) is 20.3. The summed E-state index contributed by atoms with van der Waals surface area (Å²) in [6.45, 7) is 11.8. The lowest BCUT2D eigenvalue weighted by Crippen LogP contribution is -2.49. The maximum atomic E-state index is 13.0. The van der Waals surface area contributed by atoms with Gasteiger partial charge < -0.3 is 15.3 Å². The van der Waals surface area contributed by atoms with E-state index in [9.17, 15) is 9.59 Å². The summed E-state index contributed by atoms with van der Waals surface area (Å²) >= 11 is 6.34. The highest BCUT2D eigenvalue weighted by Gasteiger charge is 2.30. The number of carbonyl (C=O) groups is 3. The molecule has 178 valence electrons. The van der Waals surface area contributed by atoms with E-state index in [2.05, 4.69) is 17.1 Å². The number of halogens is 1. The topological polar surface area (TPSA) is 90.0 Å². The van der Waals surface area contributed by atoms with E-state index in [4.69, 9.17) is 21.5 Å². The zero-order chi connectivity index (χ0) is 23.9. The van der Waals surface area contributed by atoms with Crippen LogP contribution in [0.1, 0.15) is 74.1 Å². The molecule has 3 rings (SSSR count). The Balaban J connectivity index is 0.00000114. The quantitative estimate of drug-likeness (QED) is 0.660. The lowest BCUT2D eigenvalue weighted by Gasteiger charge is -2.41. The van der Waals surface area contributed by atoms with E-state index in [0.717, 1.165) is 31.8 Å². The predicted octanol–water partition coefficient (Wildman–Crippen LogP) is 3.91. The van der Waals surface area contributed by atoms with Crippen molar-refractivity contribution in [3.05, 3.63) is 34.3 Å². The van der Waals surface area contributed by atoms with Gasteiger partial charge in [-0.25, -0.2) is 0 Å². The Morgan fingerprint density at radius 1 is 1.16 bits per heavy atom. The van der Waals surface area contributed by atoms with Gasteiger partial charge in [0.1, 0.15) is 0 Å². The second-order valence-corrected chi connectivity index (χ2v) is 10.2. The maximum Gasteiger partial charge on any atom is 0.290 e. The van der Waals surface area contributed by atoms with E-state index in [1.165, 1.54) is 25.9 Å². The van der Waals surface area contributed by atoms with Crippen molar-refractivity contribution in [1.29, 1.82) is 0 Å². The van der Waals surface area contributed by atoms with Crippen LogP contribution >= 0.6 is 11.6 Å². The Kier molecular flexibility index (Phi) is 9.52. The number of carbonyl (C=O) groups excluding carboxylic acids is 2. The van der Waals surface area contributed by atoms with Crippen molar-refractivity contribution in [3.63, 3.8) is 0 Å². The number of nitrogens with zero attached hydrogens (tertiary/aromatic N) is 2. The highest BCUT2D eigenvalue weighted by Crippen LogP contribution is 2.25. The largest absolute Gasteiger partial charge is 0.483 e. The number of likely N-dealkylation sites (tertiary alicyclic amines) is 2. The van der Waals surface area contributed by atoms with Crippen molar-refractivity contribution >= 4 is 29.9 Å². The lowest BCUT2D eigenvalue weighted by atomic mass is 9.95. The molecule has 0 saturated carbocycles. The van der Waals surface area contributed by atoms with Crippen LogP contribution < -0.4 is 5.32 Å². The van der Waals surface area contributed by atoms with Gasteiger partial charge in [0.15, 0.2) is 0 Å². The molecule has 2 N–H and O–H groups in total. The van der Waals surface area contributed by atoms with Crippen LogP contribution in [0.3, 0.4) is 0 Å². The third kappa shape index (κ3) is 7.48. The standard InChI is InChI=1S/C23H34ClN3O2.CH2O2/c1-16-6-5-11-27(15-16)18-9-12-26(13-10-18)22(29)17-7-8-19(20(24)14-17)21(28)25-23(2,3)4;2-1-3/h7-8,14,16,18H,5-6,9-13,15H2,1-4H3,(H,25,28);1H,(H,2,3)/t16-;/m1./s1. The minimum atomic E-state index is -0.342. The monoisotopic (exact) mass is 465 g/mol. The van der Waals surface area contributed by atoms with E-state index in [1.807, 2.05) is 25.7 Å². The second kappa shape index (κ2) is 11.7. The molecule has 0 aromatic heterocycles. The number of piperidine rings is 2. The van der Waals surface area contributed by atoms with Crippen molar-refractivity contribution in [2.75, 3.05) is 26.2 Å². The molecule has 2 aliphatic rings. The Hall–Kier alpha value is -2.12. The van der Waals surface area contributed by atoms with Gasteiger partial charge in [0.2, 0.25) is 0 Å². The van der Waals surface area contributed by atoms with Crippen LogP contribution in [0.15, 0.2) is 18.2 Å². The third-order valence-electron chi connectivity index (χ3n) is 5.91. The van der Waals surface area contributed by atoms with E-state index in [0.29, 0.717) is 22.2 Å². The van der Waals surface area contributed by atoms with Gasteiger partial charge in [-0.05, 0) is 77.1 Å². The predicted molar refractivity (Wildman–Crippen MR) is 126 cm³/mol. The molecule has 1 aromatic rings. The Bertz CT molecular complexity index is 801. The van der Waals surface area contributed by atoms with E-state index in [1.54, 1.807) is 18.2 Å². The molecule has 8 heteroatoms. The fourth-order valence-corrected chi connectivity index (χ4v) is 4.68. The molecule has 32 heavy (non-hydrogen) atoms. The van der Waals surface area contributed by atoms with Gasteiger partial charge in [0.05, 0.1) is 10.6 Å². The molecule has 0 aliphatic carbocycles. The van der Waals surface area contributed by atoms with Crippen molar-refractivity contribution in [2.24, 2.45) is 5.92 Å². The van der Waals surface area contributed by atoms with E-state index < -0.39 is 0 Å². The highest BCUT2D eigenvalue weighted by molar-refractivity contribution is 6.34. The van der Waals surface area contributed by atoms with Crippen LogP contribution in [0.25, 0.3) is 0 Å². The first-order valence-electron chi connectivity index (χ1n) is 11.3. The molecule has 2 heterocycles. The molecule has 1 atom stereocenters. The van der Waals surface area contributed by atoms with Gasteiger partial charge in [0, 0.05) is 36.8 Å². The number of benzene rings is 1. The van der Waals surface area contributed by atoms with Gasteiger partial charge in [-0.1, -0.05) is 18.5 Å². The molecule has 7 nitrogen and oxygen atoms in total. The van der Waals surface area contributed by atoms with Gasteiger partial charge in [-0.2, -0.15) is 0 Å². The summed E-state index contributed by atoms with van der Waals surface area (Å²) in [4.78, 5) is 38.2. The average Bonchev–Trinajstić information content (AvgIpc) is 2.72. The van der Waals surface area contributed by atoms with Crippen molar-refractivity contribution in [2.45, 2.75) is 65.0 Å². The van der Waals surface area contributed by atoms with Gasteiger partial charge in [-0.3, -0.25) is 19.3 Å². The van der Waals surface area contributed by atoms with Crippen LogP contribution in [-0.2, 0) is 4.79 Å². The summed E-state index contributed by atoms with van der Waals surface area (Å²) in [5, 5.41) is 10.1. The summed E-state index contributed by atoms with van der Waals surface area (Å²) in [7, 11) is 0. The number of carboxylic acid groups (broad SMARTS) is 1. The molecule has 2 aliphatic heterocycles. The average molecular weight is 466 g/mol. The molecule has 0 unspecified atom stereocenters. The normalized spacial score (nSPS) is 20.2. The lowest BCUT2D eigenvalue weighted by molar-refractivity contribution is -0.122. The molecular weight excluding hydrogens is 430 g/mol. The Labute approximate surface area is 196 Å². The second-order valence-electron chi connectivity index (χ2n) is 9.77. The maximum absolute atomic E-state index is 13.0. The molecule has 2 fully saturated rings. The van der Waals surface area contributed by atoms with Crippen molar-refractivity contribution in [3.8, 4) is 0 Å². The number of hydrogen-bond acceptors (Lipinski definition) is 4. The number of amides is 2. The summed E-state index contributed by atoms with van der Waals surface area (Å²) in [5.41, 5.74) is 0.606. The Morgan fingerprint density at radius 2 is 1.78 bits per heavy atom. The highest BCUT2D eigenvalue weighted by atomic mass is 35.5. The zero-order valence-electron chi connectivity index (χ0n) is 19.6. The molecule has 0 bridgehead atoms. The van der Waals surface area contributed by atoms with Crippen LogP contribution in [0, 0.1) is 5.92 Å². The summed E-state index contributed by atoms with van der Waals surface area (Å²) < 4.78 is 0.